The van der Waals surface area contributed by atoms with Crippen LogP contribution in [0.2, 0.25) is 19.6 Å². The van der Waals surface area contributed by atoms with Gasteiger partial charge >= 0.3 is 0 Å². The molecule has 0 spiro atoms. The van der Waals surface area contributed by atoms with Crippen molar-refractivity contribution < 1.29 is 5.11 Å². The Bertz CT molecular complexity index is 267. The summed E-state index contributed by atoms with van der Waals surface area (Å²) in [6, 6.07) is 0. The van der Waals surface area contributed by atoms with Crippen LogP contribution in [0.4, 0.5) is 0 Å². The average molecular weight is 208 g/mol. The second kappa shape index (κ2) is 6.71. The molecule has 1 N–H and O–H groups in total. The molecule has 0 amide bonds. The lowest BCUT2D eigenvalue weighted by molar-refractivity contribution is 0.289. The van der Waals surface area contributed by atoms with Crippen molar-refractivity contribution in [3.05, 3.63) is 0 Å². The zero-order valence-electron chi connectivity index (χ0n) is 9.65. The molecule has 0 aromatic heterocycles. The van der Waals surface area contributed by atoms with Gasteiger partial charge in [0.25, 0.3) is 0 Å². The Morgan fingerprint density at radius 1 is 1.21 bits per heavy atom. The highest BCUT2D eigenvalue weighted by molar-refractivity contribution is 6.83. The first-order chi connectivity index (χ1) is 6.45. The van der Waals surface area contributed by atoms with Gasteiger partial charge in [-0.15, -0.1) is 5.54 Å². The summed E-state index contributed by atoms with van der Waals surface area (Å²) in [6.45, 7) is 8.58. The number of aliphatic hydroxyl groups excluding tert-OH is 1. The Hall–Kier alpha value is -0.703. The van der Waals surface area contributed by atoms with E-state index in [-0.39, 0.29) is 0 Å². The van der Waals surface area contributed by atoms with E-state index in [1.807, 2.05) is 0 Å². The lowest BCUT2D eigenvalue weighted by Gasteiger charge is -2.03. The number of unbranched alkanes of at least 4 members (excludes halogenated alkanes) is 2. The first-order valence-corrected chi connectivity index (χ1v) is 8.65. The van der Waals surface area contributed by atoms with E-state index in [1.54, 1.807) is 0 Å². The van der Waals surface area contributed by atoms with E-state index in [0.717, 1.165) is 19.3 Å². The van der Waals surface area contributed by atoms with E-state index < -0.39 is 14.2 Å². The van der Waals surface area contributed by atoms with Gasteiger partial charge in [-0.3, -0.25) is 0 Å². The Kier molecular flexibility index (Phi) is 6.37. The number of rotatable bonds is 2. The molecule has 0 aromatic rings. The van der Waals surface area contributed by atoms with E-state index in [1.165, 1.54) is 0 Å². The fraction of sp³-hybridized carbons (Fsp3) is 0.667. The molecule has 0 rings (SSSR count). The van der Waals surface area contributed by atoms with Crippen LogP contribution >= 0.6 is 0 Å². The smallest absolute Gasteiger partial charge is 0.175 e. The molecular weight excluding hydrogens is 188 g/mol. The third-order valence-corrected chi connectivity index (χ3v) is 2.37. The van der Waals surface area contributed by atoms with Gasteiger partial charge in [-0.25, -0.2) is 0 Å². The Morgan fingerprint density at radius 2 is 1.86 bits per heavy atom. The molecular formula is C12H20OSi. The molecule has 78 valence electrons. The van der Waals surface area contributed by atoms with Crippen LogP contribution in [0.1, 0.15) is 26.2 Å². The van der Waals surface area contributed by atoms with Crippen LogP contribution in [-0.2, 0) is 0 Å². The summed E-state index contributed by atoms with van der Waals surface area (Å²) >= 11 is 0. The summed E-state index contributed by atoms with van der Waals surface area (Å²) in [4.78, 5) is 0. The molecule has 0 saturated carbocycles. The largest absolute Gasteiger partial charge is 0.369 e. The molecule has 0 radical (unpaired) electrons. The van der Waals surface area contributed by atoms with E-state index in [9.17, 15) is 5.11 Å². The van der Waals surface area contributed by atoms with Crippen LogP contribution < -0.4 is 0 Å². The Morgan fingerprint density at radius 3 is 2.36 bits per heavy atom. The van der Waals surface area contributed by atoms with Gasteiger partial charge in [0.15, 0.2) is 6.10 Å². The van der Waals surface area contributed by atoms with Crippen molar-refractivity contribution in [1.29, 1.82) is 0 Å². The standard InChI is InChI=1S/C12H20OSi/c1-5-6-7-8-9-12(13)10-11-14(2,3)4/h12-13H,5-7H2,1-4H3. The fourth-order valence-corrected chi connectivity index (χ4v) is 1.32. The number of hydrogen-bond donors (Lipinski definition) is 1. The van der Waals surface area contributed by atoms with Gasteiger partial charge in [-0.2, -0.15) is 0 Å². The van der Waals surface area contributed by atoms with E-state index in [4.69, 9.17) is 0 Å². The second-order valence-corrected chi connectivity index (χ2v) is 9.10. The number of hydrogen-bond acceptors (Lipinski definition) is 1. The van der Waals surface area contributed by atoms with Gasteiger partial charge in [0.2, 0.25) is 0 Å². The Balaban J connectivity index is 3.99. The molecule has 1 atom stereocenters. The molecule has 0 fully saturated rings. The van der Waals surface area contributed by atoms with Crippen LogP contribution in [0.5, 0.6) is 0 Å². The van der Waals surface area contributed by atoms with E-state index in [2.05, 4.69) is 49.9 Å². The molecule has 0 heterocycles. The summed E-state index contributed by atoms with van der Waals surface area (Å²) in [5.41, 5.74) is 3.10. The highest BCUT2D eigenvalue weighted by Crippen LogP contribution is 1.96. The minimum Gasteiger partial charge on any atom is -0.369 e. The maximum absolute atomic E-state index is 9.39. The molecule has 0 aromatic carbocycles. The highest BCUT2D eigenvalue weighted by Gasteiger charge is 2.07. The van der Waals surface area contributed by atoms with Crippen molar-refractivity contribution in [2.75, 3.05) is 0 Å². The lowest BCUT2D eigenvalue weighted by Crippen LogP contribution is -2.17. The first kappa shape index (κ1) is 13.3. The molecule has 0 aliphatic carbocycles. The van der Waals surface area contributed by atoms with E-state index >= 15 is 0 Å². The molecule has 2 heteroatoms. The lowest BCUT2D eigenvalue weighted by atomic mass is 10.2. The van der Waals surface area contributed by atoms with Gasteiger partial charge in [-0.1, -0.05) is 50.7 Å². The zero-order valence-corrected chi connectivity index (χ0v) is 10.6. The summed E-state index contributed by atoms with van der Waals surface area (Å²) in [5.74, 6) is 8.47. The van der Waals surface area contributed by atoms with Crippen molar-refractivity contribution in [1.82, 2.24) is 0 Å². The molecule has 0 bridgehead atoms. The first-order valence-electron chi connectivity index (χ1n) is 5.15. The Labute approximate surface area is 88.9 Å². The number of aliphatic hydroxyl groups is 1. The maximum atomic E-state index is 9.39. The van der Waals surface area contributed by atoms with Gasteiger partial charge in [0.05, 0.1) is 0 Å². The van der Waals surface area contributed by atoms with Gasteiger partial charge < -0.3 is 5.11 Å². The third kappa shape index (κ3) is 9.39. The second-order valence-electron chi connectivity index (χ2n) is 4.35. The highest BCUT2D eigenvalue weighted by atomic mass is 28.3. The predicted molar refractivity (Wildman–Crippen MR) is 64.4 cm³/mol. The zero-order chi connectivity index (χ0) is 11.0. The van der Waals surface area contributed by atoms with Gasteiger partial charge in [0, 0.05) is 6.42 Å². The van der Waals surface area contributed by atoms with Crippen LogP contribution in [0.25, 0.3) is 0 Å². The SMILES string of the molecule is CCCCC#CC(O)C#C[Si](C)(C)C. The molecule has 1 nitrogen and oxygen atoms in total. The minimum absolute atomic E-state index is 0.751. The quantitative estimate of drug-likeness (QED) is 0.420. The van der Waals surface area contributed by atoms with Gasteiger partial charge in [0.1, 0.15) is 8.07 Å². The molecule has 1 unspecified atom stereocenters. The van der Waals surface area contributed by atoms with Crippen LogP contribution in [0, 0.1) is 23.3 Å². The van der Waals surface area contributed by atoms with Crippen molar-refractivity contribution in [2.45, 2.75) is 51.9 Å². The maximum Gasteiger partial charge on any atom is 0.175 e. The van der Waals surface area contributed by atoms with Crippen molar-refractivity contribution in [2.24, 2.45) is 0 Å². The van der Waals surface area contributed by atoms with E-state index in [0.29, 0.717) is 0 Å². The predicted octanol–water partition coefficient (Wildman–Crippen LogP) is 2.42. The molecule has 0 aliphatic heterocycles. The molecule has 0 aliphatic rings. The third-order valence-electron chi connectivity index (χ3n) is 1.48. The van der Waals surface area contributed by atoms with Gasteiger partial charge in [-0.05, 0) is 6.42 Å². The van der Waals surface area contributed by atoms with Crippen LogP contribution in [-0.4, -0.2) is 19.3 Å². The normalized spacial score (nSPS) is 12.1. The topological polar surface area (TPSA) is 20.2 Å². The average Bonchev–Trinajstić information content (AvgIpc) is 2.08. The monoisotopic (exact) mass is 208 g/mol. The van der Waals surface area contributed by atoms with Crippen molar-refractivity contribution in [3.63, 3.8) is 0 Å². The summed E-state index contributed by atoms with van der Waals surface area (Å²) in [5, 5.41) is 9.39. The summed E-state index contributed by atoms with van der Waals surface area (Å²) in [7, 11) is -1.36. The molecule has 14 heavy (non-hydrogen) atoms. The summed E-state index contributed by atoms with van der Waals surface area (Å²) < 4.78 is 0. The fourth-order valence-electron chi connectivity index (χ4n) is 0.755. The minimum atomic E-state index is -1.36. The van der Waals surface area contributed by atoms with Crippen molar-refractivity contribution in [3.8, 4) is 23.3 Å². The van der Waals surface area contributed by atoms with Crippen LogP contribution in [0.15, 0.2) is 0 Å². The van der Waals surface area contributed by atoms with Crippen LogP contribution in [0.3, 0.4) is 0 Å². The molecule has 0 saturated heterocycles. The van der Waals surface area contributed by atoms with Crippen molar-refractivity contribution >= 4 is 8.07 Å². The summed E-state index contributed by atoms with van der Waals surface area (Å²) in [6.07, 6.45) is 2.35.